The highest BCUT2D eigenvalue weighted by molar-refractivity contribution is 6.00. The van der Waals surface area contributed by atoms with Gasteiger partial charge in [0.15, 0.2) is 11.6 Å². The second-order valence-corrected chi connectivity index (χ2v) is 11.6. The lowest BCUT2D eigenvalue weighted by atomic mass is 9.97. The molecule has 0 radical (unpaired) electrons. The van der Waals surface area contributed by atoms with Crippen molar-refractivity contribution in [2.75, 3.05) is 0 Å². The minimum absolute atomic E-state index is 0.0555. The Labute approximate surface area is 297 Å². The van der Waals surface area contributed by atoms with Crippen molar-refractivity contribution in [1.82, 2.24) is 0 Å². The molecular weight excluding hydrogens is 619 g/mol. The molecule has 6 heteroatoms. The van der Waals surface area contributed by atoms with E-state index in [1.807, 2.05) is 26.8 Å². The van der Waals surface area contributed by atoms with Gasteiger partial charge in [-0.15, -0.1) is 0 Å². The summed E-state index contributed by atoms with van der Waals surface area (Å²) in [6.45, 7) is 27.9. The molecule has 0 fully saturated rings. The monoisotopic (exact) mass is 686 g/mol. The van der Waals surface area contributed by atoms with E-state index in [1.165, 1.54) is 77.3 Å². The van der Waals surface area contributed by atoms with Crippen LogP contribution >= 0.6 is 0 Å². The summed E-state index contributed by atoms with van der Waals surface area (Å²) in [7, 11) is 0. The molecule has 0 saturated heterocycles. The maximum Gasteiger partial charge on any atom is 0.416 e. The summed E-state index contributed by atoms with van der Waals surface area (Å²) in [5.74, 6) is 0.903. The fraction of sp³-hybridized carbons (Fsp3) is 0.512. The number of aliphatic imine (C=N–C) groups is 1. The average molecular weight is 686 g/mol. The number of rotatable bonds is 10. The molecule has 0 aliphatic carbocycles. The van der Waals surface area contributed by atoms with Crippen LogP contribution in [0.3, 0.4) is 0 Å². The van der Waals surface area contributed by atoms with Crippen LogP contribution in [-0.4, -0.2) is 18.3 Å². The molecule has 3 rings (SSSR count). The lowest BCUT2D eigenvalue weighted by Crippen LogP contribution is -2.04. The number of hydrogen-bond donors (Lipinski definition) is 0. The highest BCUT2D eigenvalue weighted by atomic mass is 19.4. The van der Waals surface area contributed by atoms with Crippen LogP contribution in [0.25, 0.3) is 11.1 Å². The smallest absolute Gasteiger partial charge is 0.295 e. The summed E-state index contributed by atoms with van der Waals surface area (Å²) in [5, 5.41) is 0. The topological polar surface area (TPSA) is 46.5 Å². The maximum absolute atomic E-state index is 12.5. The third-order valence-electron chi connectivity index (χ3n) is 7.18. The predicted octanol–water partition coefficient (Wildman–Crippen LogP) is 15.0. The van der Waals surface area contributed by atoms with Crippen LogP contribution in [0.5, 0.6) is 0 Å². The first-order chi connectivity index (χ1) is 23.2. The summed E-state index contributed by atoms with van der Waals surface area (Å²) in [4.78, 5) is 26.3. The molecule has 0 N–H and O–H groups in total. The van der Waals surface area contributed by atoms with Crippen LogP contribution in [0.4, 0.5) is 18.9 Å². The third-order valence-corrected chi connectivity index (χ3v) is 7.18. The highest BCUT2D eigenvalue weighted by Crippen LogP contribution is 2.32. The van der Waals surface area contributed by atoms with Gasteiger partial charge in [-0.05, 0) is 68.3 Å². The Hall–Kier alpha value is -3.54. The van der Waals surface area contributed by atoms with E-state index in [9.17, 15) is 22.8 Å². The van der Waals surface area contributed by atoms with E-state index in [-0.39, 0.29) is 11.6 Å². The van der Waals surface area contributed by atoms with Crippen molar-refractivity contribution >= 4 is 24.0 Å². The van der Waals surface area contributed by atoms with E-state index in [4.69, 9.17) is 0 Å². The lowest BCUT2D eigenvalue weighted by Gasteiger charge is -2.10. The van der Waals surface area contributed by atoms with E-state index in [1.54, 1.807) is 36.4 Å². The Morgan fingerprint density at radius 2 is 1.18 bits per heavy atom. The predicted molar refractivity (Wildman–Crippen MR) is 209 cm³/mol. The van der Waals surface area contributed by atoms with Crippen LogP contribution in [0.2, 0.25) is 0 Å². The molecule has 0 aliphatic heterocycles. The lowest BCUT2D eigenvalue weighted by molar-refractivity contribution is -0.137. The molecule has 0 atom stereocenters. The van der Waals surface area contributed by atoms with E-state index >= 15 is 0 Å². The van der Waals surface area contributed by atoms with Gasteiger partial charge in [0.05, 0.1) is 11.3 Å². The van der Waals surface area contributed by atoms with Gasteiger partial charge < -0.3 is 0 Å². The van der Waals surface area contributed by atoms with Gasteiger partial charge in [-0.2, -0.15) is 13.2 Å². The SMILES string of the molecule is C=Nc1cc(C(C)=O)ccc1C.CC.CC(=O)c1ccccc1-c1ccc(C(F)(F)F)cc1.CCCC.CCCC.CCCC(C)CCC. The molecule has 0 saturated carbocycles. The molecule has 0 amide bonds. The van der Waals surface area contributed by atoms with E-state index in [0.717, 1.165) is 29.3 Å². The molecule has 3 aromatic carbocycles. The zero-order valence-corrected chi connectivity index (χ0v) is 32.7. The van der Waals surface area contributed by atoms with Crippen molar-refractivity contribution in [3.05, 3.63) is 89.0 Å². The number of hydrogen-bond acceptors (Lipinski definition) is 3. The van der Waals surface area contributed by atoms with Gasteiger partial charge in [-0.3, -0.25) is 14.6 Å². The summed E-state index contributed by atoms with van der Waals surface area (Å²) in [5.41, 5.74) is 3.54. The molecule has 0 spiro atoms. The number of Topliss-reactive ketones (excluding diaryl/α,β-unsaturated/α-hetero) is 2. The van der Waals surface area contributed by atoms with Gasteiger partial charge in [0.2, 0.25) is 0 Å². The number of ketones is 2. The van der Waals surface area contributed by atoms with Gasteiger partial charge in [0.1, 0.15) is 0 Å². The molecule has 49 heavy (non-hydrogen) atoms. The maximum atomic E-state index is 12.5. The summed E-state index contributed by atoms with van der Waals surface area (Å²) in [6, 6.07) is 17.1. The average Bonchev–Trinajstić information content (AvgIpc) is 3.10. The third kappa shape index (κ3) is 23.5. The Balaban J connectivity index is -0.000000606. The van der Waals surface area contributed by atoms with Crippen molar-refractivity contribution in [2.45, 2.75) is 141 Å². The van der Waals surface area contributed by atoms with Crippen LogP contribution in [0.1, 0.15) is 159 Å². The summed E-state index contributed by atoms with van der Waals surface area (Å²) >= 11 is 0. The number of carbonyl (C=O) groups excluding carboxylic acids is 2. The normalized spacial score (nSPS) is 9.80. The van der Waals surface area contributed by atoms with Gasteiger partial charge in [0.25, 0.3) is 0 Å². The van der Waals surface area contributed by atoms with Crippen molar-refractivity contribution in [3.8, 4) is 11.1 Å². The van der Waals surface area contributed by atoms with Crippen molar-refractivity contribution in [3.63, 3.8) is 0 Å². The highest BCUT2D eigenvalue weighted by Gasteiger charge is 2.30. The number of carbonyl (C=O) groups is 2. The zero-order chi connectivity index (χ0) is 38.4. The molecule has 3 aromatic rings. The second kappa shape index (κ2) is 30.5. The molecule has 0 heterocycles. The van der Waals surface area contributed by atoms with E-state index in [0.29, 0.717) is 22.3 Å². The molecule has 3 nitrogen and oxygen atoms in total. The number of nitrogens with zero attached hydrogens (tertiary/aromatic N) is 1. The molecule has 0 aromatic heterocycles. The number of benzene rings is 3. The molecule has 0 bridgehead atoms. The summed E-state index contributed by atoms with van der Waals surface area (Å²) in [6.07, 6.45) is 6.45. The van der Waals surface area contributed by atoms with Crippen molar-refractivity contribution in [1.29, 1.82) is 0 Å². The van der Waals surface area contributed by atoms with Gasteiger partial charge in [-0.1, -0.05) is 162 Å². The number of alkyl halides is 3. The quantitative estimate of drug-likeness (QED) is 0.157. The Morgan fingerprint density at radius 1 is 0.714 bits per heavy atom. The molecule has 0 unspecified atom stereocenters. The first-order valence-corrected chi connectivity index (χ1v) is 18.0. The van der Waals surface area contributed by atoms with Crippen molar-refractivity contribution < 1.29 is 22.8 Å². The van der Waals surface area contributed by atoms with E-state index < -0.39 is 11.7 Å². The fourth-order valence-electron chi connectivity index (χ4n) is 4.01. The van der Waals surface area contributed by atoms with Crippen molar-refractivity contribution in [2.24, 2.45) is 10.9 Å². The van der Waals surface area contributed by atoms with Gasteiger partial charge in [-0.25, -0.2) is 0 Å². The minimum atomic E-state index is -4.35. The summed E-state index contributed by atoms with van der Waals surface area (Å²) < 4.78 is 37.4. The Bertz CT molecular complexity index is 1270. The first kappa shape index (κ1) is 49.8. The first-order valence-electron chi connectivity index (χ1n) is 18.0. The fourth-order valence-corrected chi connectivity index (χ4v) is 4.01. The minimum Gasteiger partial charge on any atom is -0.295 e. The Kier molecular flexibility index (Phi) is 31.0. The van der Waals surface area contributed by atoms with Crippen LogP contribution < -0.4 is 0 Å². The largest absolute Gasteiger partial charge is 0.416 e. The second-order valence-electron chi connectivity index (χ2n) is 11.6. The van der Waals surface area contributed by atoms with Crippen LogP contribution in [0.15, 0.2) is 71.7 Å². The Morgan fingerprint density at radius 3 is 1.55 bits per heavy atom. The number of unbranched alkanes of at least 4 members (excludes halogenated alkanes) is 2. The molecule has 0 aliphatic rings. The van der Waals surface area contributed by atoms with Gasteiger partial charge in [0, 0.05) is 11.1 Å². The van der Waals surface area contributed by atoms with Crippen LogP contribution in [-0.2, 0) is 6.18 Å². The van der Waals surface area contributed by atoms with Crippen LogP contribution in [0, 0.1) is 12.8 Å². The molecular formula is C43H66F3NO2. The standard InChI is InChI=1S/C15H11F3O.C10H11NO.C8H18.2C4H10.C2H6/c1-10(19)13-4-2-3-5-14(13)11-6-8-12(9-7-11)15(16,17)18;1-7-4-5-9(8(2)12)6-10(7)11-3;1-4-6-8(3)7-5-2;2*1-3-4-2;1-2/h2-9H,1H3;4-6H,3H2,1-2H3;8H,4-7H2,1-3H3;2*3-4H2,1-2H3;1-2H3. The van der Waals surface area contributed by atoms with Gasteiger partial charge >= 0.3 is 6.18 Å². The zero-order valence-electron chi connectivity index (χ0n) is 32.7. The molecule has 276 valence electrons. The number of aryl methyl sites for hydroxylation is 1. The number of halogens is 3. The van der Waals surface area contributed by atoms with E-state index in [2.05, 4.69) is 60.2 Å².